The van der Waals surface area contributed by atoms with Gasteiger partial charge in [-0.05, 0) is 44.1 Å². The third-order valence-corrected chi connectivity index (χ3v) is 3.90. The fourth-order valence-corrected chi connectivity index (χ4v) is 2.27. The molecular formula is C10H13N3O3S. The van der Waals surface area contributed by atoms with Gasteiger partial charge in [0, 0.05) is 0 Å². The molecule has 0 aromatic carbocycles. The van der Waals surface area contributed by atoms with Gasteiger partial charge in [0.15, 0.2) is 0 Å². The summed E-state index contributed by atoms with van der Waals surface area (Å²) in [7, 11) is 0. The maximum Gasteiger partial charge on any atom is 0.329 e. The fourth-order valence-electron chi connectivity index (χ4n) is 1.72. The number of hydrogen-bond donors (Lipinski definition) is 2. The van der Waals surface area contributed by atoms with E-state index in [1.165, 1.54) is 0 Å². The number of carboxylic acids is 1. The molecule has 1 saturated carbocycles. The van der Waals surface area contributed by atoms with Crippen molar-refractivity contribution in [1.29, 1.82) is 0 Å². The fraction of sp³-hybridized carbons (Fsp3) is 0.600. The monoisotopic (exact) mass is 255 g/mol. The molecule has 0 spiro atoms. The number of nitrogens with zero attached hydrogens (tertiary/aromatic N) is 2. The Morgan fingerprint density at radius 1 is 1.53 bits per heavy atom. The Morgan fingerprint density at radius 2 is 2.18 bits per heavy atom. The highest BCUT2D eigenvalue weighted by Crippen LogP contribution is 2.39. The zero-order chi connectivity index (χ0) is 12.6. The summed E-state index contributed by atoms with van der Waals surface area (Å²) in [5.74, 6) is -1.39. The van der Waals surface area contributed by atoms with Gasteiger partial charge in [0.1, 0.15) is 10.4 Å². The normalized spacial score (nSPS) is 18.5. The number of aryl methyl sites for hydroxylation is 1. The predicted molar refractivity (Wildman–Crippen MR) is 60.9 cm³/mol. The third-order valence-electron chi connectivity index (χ3n) is 3.07. The Hall–Kier alpha value is -1.50. The van der Waals surface area contributed by atoms with E-state index < -0.39 is 17.4 Å². The highest BCUT2D eigenvalue weighted by atomic mass is 32.1. The van der Waals surface area contributed by atoms with Crippen LogP contribution in [0.2, 0.25) is 0 Å². The van der Waals surface area contributed by atoms with Crippen LogP contribution in [0.5, 0.6) is 0 Å². The zero-order valence-corrected chi connectivity index (χ0v) is 10.4. The molecule has 17 heavy (non-hydrogen) atoms. The van der Waals surface area contributed by atoms with Crippen molar-refractivity contribution in [3.05, 3.63) is 10.6 Å². The molecule has 1 atom stereocenters. The first kappa shape index (κ1) is 12.0. The quantitative estimate of drug-likeness (QED) is 0.831. The van der Waals surface area contributed by atoms with E-state index in [-0.39, 0.29) is 5.92 Å². The second-order valence-electron chi connectivity index (χ2n) is 4.42. The second-order valence-corrected chi connectivity index (χ2v) is 5.18. The van der Waals surface area contributed by atoms with Crippen molar-refractivity contribution in [2.24, 2.45) is 5.92 Å². The molecule has 1 aromatic heterocycles. The van der Waals surface area contributed by atoms with E-state index in [9.17, 15) is 14.7 Å². The summed E-state index contributed by atoms with van der Waals surface area (Å²) in [6.45, 7) is 3.22. The number of aromatic nitrogens is 2. The molecule has 1 aliphatic rings. The molecule has 0 bridgehead atoms. The molecule has 92 valence electrons. The van der Waals surface area contributed by atoms with E-state index in [4.69, 9.17) is 0 Å². The van der Waals surface area contributed by atoms with Gasteiger partial charge >= 0.3 is 5.97 Å². The van der Waals surface area contributed by atoms with Crippen LogP contribution in [-0.4, -0.2) is 32.1 Å². The Bertz CT molecular complexity index is 469. The van der Waals surface area contributed by atoms with Crippen molar-refractivity contribution < 1.29 is 14.7 Å². The molecule has 0 saturated heterocycles. The molecule has 1 heterocycles. The molecule has 7 heteroatoms. The van der Waals surface area contributed by atoms with Gasteiger partial charge in [0.25, 0.3) is 5.91 Å². The standard InChI is InChI=1S/C10H13N3O3S/c1-5-7(17-13-12-5)8(14)11-10(2,9(15)16)6-3-4-6/h6H,3-4H2,1-2H3,(H,11,14)(H,15,16). The van der Waals surface area contributed by atoms with Gasteiger partial charge in [0.2, 0.25) is 0 Å². The van der Waals surface area contributed by atoms with Gasteiger partial charge < -0.3 is 10.4 Å². The van der Waals surface area contributed by atoms with E-state index in [2.05, 4.69) is 14.9 Å². The first-order valence-electron chi connectivity index (χ1n) is 5.30. The number of nitrogens with one attached hydrogen (secondary N) is 1. The van der Waals surface area contributed by atoms with Gasteiger partial charge in [-0.25, -0.2) is 4.79 Å². The zero-order valence-electron chi connectivity index (χ0n) is 9.56. The van der Waals surface area contributed by atoms with E-state index in [1.54, 1.807) is 13.8 Å². The average Bonchev–Trinajstić information content (AvgIpc) is 3.01. The lowest BCUT2D eigenvalue weighted by Crippen LogP contribution is -2.54. The molecule has 1 aliphatic carbocycles. The van der Waals surface area contributed by atoms with E-state index in [0.717, 1.165) is 24.4 Å². The summed E-state index contributed by atoms with van der Waals surface area (Å²) >= 11 is 0.976. The van der Waals surface area contributed by atoms with Crippen LogP contribution in [0.1, 0.15) is 35.1 Å². The van der Waals surface area contributed by atoms with Crippen molar-refractivity contribution in [2.75, 3.05) is 0 Å². The van der Waals surface area contributed by atoms with Crippen LogP contribution in [0, 0.1) is 12.8 Å². The maximum absolute atomic E-state index is 11.9. The Balaban J connectivity index is 2.17. The predicted octanol–water partition coefficient (Wildman–Crippen LogP) is 0.830. The number of carbonyl (C=O) groups is 2. The SMILES string of the molecule is Cc1nnsc1C(=O)NC(C)(C(=O)O)C1CC1. The van der Waals surface area contributed by atoms with E-state index in [1.807, 2.05) is 0 Å². The molecule has 2 rings (SSSR count). The summed E-state index contributed by atoms with van der Waals surface area (Å²) in [4.78, 5) is 23.6. The smallest absolute Gasteiger partial charge is 0.329 e. The Morgan fingerprint density at radius 3 is 2.59 bits per heavy atom. The van der Waals surface area contributed by atoms with E-state index in [0.29, 0.717) is 10.6 Å². The maximum atomic E-state index is 11.9. The molecule has 2 N–H and O–H groups in total. The lowest BCUT2D eigenvalue weighted by molar-refractivity contribution is -0.144. The van der Waals surface area contributed by atoms with Crippen molar-refractivity contribution in [3.63, 3.8) is 0 Å². The number of hydrogen-bond acceptors (Lipinski definition) is 5. The van der Waals surface area contributed by atoms with Crippen molar-refractivity contribution in [3.8, 4) is 0 Å². The minimum Gasteiger partial charge on any atom is -0.480 e. The lowest BCUT2D eigenvalue weighted by Gasteiger charge is -2.25. The van der Waals surface area contributed by atoms with Gasteiger partial charge in [-0.2, -0.15) is 0 Å². The molecule has 1 amide bonds. The van der Waals surface area contributed by atoms with Crippen molar-refractivity contribution >= 4 is 23.4 Å². The van der Waals surface area contributed by atoms with Gasteiger partial charge in [-0.15, -0.1) is 5.10 Å². The molecule has 1 fully saturated rings. The van der Waals surface area contributed by atoms with Gasteiger partial charge in [0.05, 0.1) is 5.69 Å². The first-order chi connectivity index (χ1) is 7.95. The summed E-state index contributed by atoms with van der Waals surface area (Å²) in [6.07, 6.45) is 1.67. The van der Waals surface area contributed by atoms with E-state index >= 15 is 0 Å². The molecule has 0 aliphatic heterocycles. The summed E-state index contributed by atoms with van der Waals surface area (Å²) in [5.41, 5.74) is -0.663. The van der Waals surface area contributed by atoms with Gasteiger partial charge in [-0.1, -0.05) is 4.49 Å². The number of aliphatic carboxylic acids is 1. The number of carbonyl (C=O) groups excluding carboxylic acids is 1. The van der Waals surface area contributed by atoms with Crippen LogP contribution in [0.3, 0.4) is 0 Å². The summed E-state index contributed by atoms with van der Waals surface area (Å²) < 4.78 is 3.66. The van der Waals surface area contributed by atoms with Crippen molar-refractivity contribution in [1.82, 2.24) is 14.9 Å². The van der Waals surface area contributed by atoms with Crippen molar-refractivity contribution in [2.45, 2.75) is 32.2 Å². The molecule has 1 unspecified atom stereocenters. The highest BCUT2D eigenvalue weighted by Gasteiger charge is 2.48. The molecule has 6 nitrogen and oxygen atoms in total. The van der Waals surface area contributed by atoms with Crippen LogP contribution in [0.15, 0.2) is 0 Å². The lowest BCUT2D eigenvalue weighted by atomic mass is 9.96. The minimum absolute atomic E-state index is 0.0186. The average molecular weight is 255 g/mol. The van der Waals surface area contributed by atoms with Gasteiger partial charge in [-0.3, -0.25) is 4.79 Å². The number of carboxylic acid groups (broad SMARTS) is 1. The number of rotatable bonds is 4. The Kier molecular flexibility index (Phi) is 2.86. The Labute approximate surface area is 102 Å². The largest absolute Gasteiger partial charge is 0.480 e. The number of amides is 1. The second kappa shape index (κ2) is 4.06. The topological polar surface area (TPSA) is 92.2 Å². The minimum atomic E-state index is -1.19. The highest BCUT2D eigenvalue weighted by molar-refractivity contribution is 7.08. The molecule has 1 aromatic rings. The van der Waals surface area contributed by atoms with Crippen LogP contribution in [0.4, 0.5) is 0 Å². The third kappa shape index (κ3) is 2.14. The van der Waals surface area contributed by atoms with Crippen LogP contribution < -0.4 is 5.32 Å². The first-order valence-corrected chi connectivity index (χ1v) is 6.07. The molecule has 0 radical (unpaired) electrons. The summed E-state index contributed by atoms with van der Waals surface area (Å²) in [5, 5.41) is 15.5. The molecular weight excluding hydrogens is 242 g/mol. The van der Waals surface area contributed by atoms with Crippen LogP contribution in [-0.2, 0) is 4.79 Å². The van der Waals surface area contributed by atoms with Crippen LogP contribution >= 0.6 is 11.5 Å². The summed E-state index contributed by atoms with van der Waals surface area (Å²) in [6, 6.07) is 0. The van der Waals surface area contributed by atoms with Crippen LogP contribution in [0.25, 0.3) is 0 Å².